The Bertz CT molecular complexity index is 717. The van der Waals surface area contributed by atoms with Crippen molar-refractivity contribution in [2.24, 2.45) is 10.2 Å². The molecule has 0 saturated carbocycles. The van der Waals surface area contributed by atoms with Gasteiger partial charge in [-0.2, -0.15) is 10.2 Å². The summed E-state index contributed by atoms with van der Waals surface area (Å²) in [4.78, 5) is 19.3. The van der Waals surface area contributed by atoms with E-state index in [1.165, 1.54) is 0 Å². The van der Waals surface area contributed by atoms with Crippen molar-refractivity contribution in [1.82, 2.24) is 40.6 Å². The molecule has 29 heavy (non-hydrogen) atoms. The maximum Gasteiger partial charge on any atom is 3.00 e. The van der Waals surface area contributed by atoms with Gasteiger partial charge in [-0.15, -0.1) is 0 Å². The Morgan fingerprint density at radius 3 is 1.45 bits per heavy atom. The average Bonchev–Trinajstić information content (AvgIpc) is 2.70. The van der Waals surface area contributed by atoms with E-state index in [1.807, 2.05) is 28.2 Å². The third-order valence-corrected chi connectivity index (χ3v) is 3.61. The summed E-state index contributed by atoms with van der Waals surface area (Å²) < 4.78 is 0. The molecule has 0 fully saturated rings. The van der Waals surface area contributed by atoms with Gasteiger partial charge in [0.2, 0.25) is 0 Å². The van der Waals surface area contributed by atoms with Crippen LogP contribution in [0.5, 0.6) is 0 Å². The molecule has 2 rings (SSSR count). The Morgan fingerprint density at radius 1 is 0.793 bits per heavy atom. The molecule has 2 aromatic heterocycles. The van der Waals surface area contributed by atoms with Crippen molar-refractivity contribution in [3.8, 4) is 0 Å². The van der Waals surface area contributed by atoms with Crippen molar-refractivity contribution in [1.29, 1.82) is 0 Å². The van der Waals surface area contributed by atoms with Gasteiger partial charge < -0.3 is 9.80 Å². The molecule has 0 unspecified atom stereocenters. The molecule has 0 aliphatic carbocycles. The molecule has 0 aliphatic heterocycles. The quantitative estimate of drug-likeness (QED) is 0.367. The van der Waals surface area contributed by atoms with Crippen molar-refractivity contribution < 1.29 is 16.8 Å². The van der Waals surface area contributed by atoms with Gasteiger partial charge in [-0.3, -0.25) is 30.8 Å². The van der Waals surface area contributed by atoms with Gasteiger partial charge in [0.1, 0.15) is 11.4 Å². The monoisotopic (exact) mass is 477 g/mol. The number of aromatic nitrogens is 4. The SMILES string of the molecule is CN(C)C(=S)NN=Cc1cnccn1.CN(C)C(=S)NN=Cc1cnccn1.[Co+3]. The normalized spacial score (nSPS) is 9.79. The number of rotatable bonds is 4. The van der Waals surface area contributed by atoms with Crippen molar-refractivity contribution in [3.05, 3.63) is 48.6 Å². The number of hydrazone groups is 2. The molecule has 0 atom stereocenters. The van der Waals surface area contributed by atoms with Gasteiger partial charge in [0, 0.05) is 53.0 Å². The van der Waals surface area contributed by atoms with E-state index in [0.717, 1.165) is 0 Å². The smallest absolute Gasteiger partial charge is 0.354 e. The fourth-order valence-corrected chi connectivity index (χ4v) is 1.37. The first-order valence-corrected chi connectivity index (χ1v) is 8.74. The Balaban J connectivity index is 0.000000523. The minimum absolute atomic E-state index is 0. The average molecular weight is 477 g/mol. The van der Waals surface area contributed by atoms with Crippen molar-refractivity contribution >= 4 is 47.1 Å². The van der Waals surface area contributed by atoms with Crippen LogP contribution in [0.2, 0.25) is 0 Å². The van der Waals surface area contributed by atoms with Crippen LogP contribution in [0.3, 0.4) is 0 Å². The Morgan fingerprint density at radius 2 is 1.17 bits per heavy atom. The Labute approximate surface area is 191 Å². The van der Waals surface area contributed by atoms with E-state index < -0.39 is 0 Å². The minimum atomic E-state index is 0. The molecule has 154 valence electrons. The fourth-order valence-electron chi connectivity index (χ4n) is 1.26. The summed E-state index contributed by atoms with van der Waals surface area (Å²) in [6.45, 7) is 0. The van der Waals surface area contributed by atoms with Crippen molar-refractivity contribution in [3.63, 3.8) is 0 Å². The molecule has 0 aliphatic rings. The second-order valence-electron chi connectivity index (χ2n) is 5.40. The van der Waals surface area contributed by atoms with Crippen LogP contribution in [0, 0.1) is 0 Å². The fraction of sp³-hybridized carbons (Fsp3) is 0.250. The zero-order valence-electron chi connectivity index (χ0n) is 16.3. The predicted molar refractivity (Wildman–Crippen MR) is 118 cm³/mol. The largest absolute Gasteiger partial charge is 3.00 e. The summed E-state index contributed by atoms with van der Waals surface area (Å²) in [6, 6.07) is 0. The minimum Gasteiger partial charge on any atom is -0.354 e. The van der Waals surface area contributed by atoms with Gasteiger partial charge in [0.25, 0.3) is 0 Å². The van der Waals surface area contributed by atoms with Crippen LogP contribution < -0.4 is 10.9 Å². The molecule has 0 saturated heterocycles. The second kappa shape index (κ2) is 15.3. The van der Waals surface area contributed by atoms with Crippen LogP contribution >= 0.6 is 24.4 Å². The van der Waals surface area contributed by atoms with E-state index in [0.29, 0.717) is 21.6 Å². The van der Waals surface area contributed by atoms with Crippen molar-refractivity contribution in [2.45, 2.75) is 0 Å². The molecule has 0 amide bonds. The molecule has 0 bridgehead atoms. The van der Waals surface area contributed by atoms with Crippen LogP contribution in [-0.2, 0) is 16.8 Å². The van der Waals surface area contributed by atoms with Crippen LogP contribution in [0.25, 0.3) is 0 Å². The van der Waals surface area contributed by atoms with E-state index >= 15 is 0 Å². The van der Waals surface area contributed by atoms with Gasteiger partial charge in [0.05, 0.1) is 24.8 Å². The second-order valence-corrected chi connectivity index (χ2v) is 6.17. The van der Waals surface area contributed by atoms with E-state index in [4.69, 9.17) is 24.4 Å². The predicted octanol–water partition coefficient (Wildman–Crippen LogP) is 0.491. The number of nitrogens with zero attached hydrogens (tertiary/aromatic N) is 8. The van der Waals surface area contributed by atoms with Gasteiger partial charge in [0.15, 0.2) is 10.2 Å². The summed E-state index contributed by atoms with van der Waals surface area (Å²) in [7, 11) is 7.36. The standard InChI is InChI=1S/2C8H11N5S.Co/c2*1-13(2)8(14)12-11-6-7-5-9-3-4-10-7;/h2*3-6H,1-2H3,(H,12,14);/q;;+3. The summed E-state index contributed by atoms with van der Waals surface area (Å²) in [5.41, 5.74) is 6.74. The summed E-state index contributed by atoms with van der Waals surface area (Å²) in [6.07, 6.45) is 12.8. The number of thiocarbonyl (C=S) groups is 2. The van der Waals surface area contributed by atoms with Gasteiger partial charge in [-0.05, 0) is 24.4 Å². The van der Waals surface area contributed by atoms with Crippen LogP contribution in [0.15, 0.2) is 47.4 Å². The van der Waals surface area contributed by atoms with Crippen LogP contribution in [0.1, 0.15) is 11.4 Å². The zero-order chi connectivity index (χ0) is 20.8. The number of hydrogen-bond acceptors (Lipinski definition) is 8. The summed E-state index contributed by atoms with van der Waals surface area (Å²) in [5.74, 6) is 0. The van der Waals surface area contributed by atoms with E-state index in [1.54, 1.807) is 59.4 Å². The molecule has 0 aromatic carbocycles. The molecular weight excluding hydrogens is 455 g/mol. The molecule has 13 heteroatoms. The first kappa shape index (κ1) is 26.4. The Kier molecular flexibility index (Phi) is 13.9. The third-order valence-electron chi connectivity index (χ3n) is 2.69. The molecule has 2 heterocycles. The molecule has 2 N–H and O–H groups in total. The molecule has 2 aromatic rings. The van der Waals surface area contributed by atoms with E-state index in [2.05, 4.69) is 41.0 Å². The number of hydrogen-bond donors (Lipinski definition) is 2. The first-order valence-electron chi connectivity index (χ1n) is 7.93. The topological polar surface area (TPSA) is 107 Å². The van der Waals surface area contributed by atoms with Gasteiger partial charge in [-0.1, -0.05) is 0 Å². The maximum atomic E-state index is 4.96. The van der Waals surface area contributed by atoms with Crippen LogP contribution in [0.4, 0.5) is 0 Å². The maximum absolute atomic E-state index is 4.96. The number of nitrogens with one attached hydrogen (secondary N) is 2. The van der Waals surface area contributed by atoms with Gasteiger partial charge in [-0.25, -0.2) is 0 Å². The first-order chi connectivity index (χ1) is 13.4. The molecule has 10 nitrogen and oxygen atoms in total. The molecule has 0 radical (unpaired) electrons. The summed E-state index contributed by atoms with van der Waals surface area (Å²) in [5, 5.41) is 8.90. The molecule has 0 spiro atoms. The zero-order valence-corrected chi connectivity index (χ0v) is 19.0. The van der Waals surface area contributed by atoms with E-state index in [9.17, 15) is 0 Å². The summed E-state index contributed by atoms with van der Waals surface area (Å²) >= 11 is 9.92. The Hall–Kier alpha value is -2.61. The van der Waals surface area contributed by atoms with E-state index in [-0.39, 0.29) is 16.8 Å². The molecular formula is C16H22CoN10S2+3. The van der Waals surface area contributed by atoms with Crippen molar-refractivity contribution in [2.75, 3.05) is 28.2 Å². The third kappa shape index (κ3) is 12.5. The van der Waals surface area contributed by atoms with Gasteiger partial charge >= 0.3 is 16.8 Å². The van der Waals surface area contributed by atoms with Crippen LogP contribution in [-0.4, -0.2) is 80.6 Å².